The molecule has 0 radical (unpaired) electrons. The number of benzene rings is 1. The van der Waals surface area contributed by atoms with E-state index in [2.05, 4.69) is 5.32 Å². The largest absolute Gasteiger partial charge is 0.454 e. The maximum atomic E-state index is 11.7. The Morgan fingerprint density at radius 2 is 1.93 bits per heavy atom. The summed E-state index contributed by atoms with van der Waals surface area (Å²) in [6.45, 7) is 0.257. The summed E-state index contributed by atoms with van der Waals surface area (Å²) in [7, 11) is 0. The minimum Gasteiger partial charge on any atom is -0.454 e. The van der Waals surface area contributed by atoms with Crippen LogP contribution in [0.3, 0.4) is 0 Å². The van der Waals surface area contributed by atoms with Crippen molar-refractivity contribution in [3.8, 4) is 11.5 Å². The second-order valence-corrected chi connectivity index (χ2v) is 4.29. The lowest BCUT2D eigenvalue weighted by Gasteiger charge is -2.07. The molecule has 1 aromatic rings. The van der Waals surface area contributed by atoms with Crippen molar-refractivity contribution in [2.24, 2.45) is 0 Å². The molecule has 0 bridgehead atoms. The van der Waals surface area contributed by atoms with Crippen molar-refractivity contribution in [3.63, 3.8) is 0 Å². The van der Waals surface area contributed by atoms with Crippen molar-refractivity contribution in [1.82, 2.24) is 5.32 Å². The van der Waals surface area contributed by atoms with Crippen LogP contribution in [0.25, 0.3) is 0 Å². The third-order valence-electron chi connectivity index (χ3n) is 3.38. The van der Waals surface area contributed by atoms with E-state index in [0.717, 1.165) is 29.7 Å². The third-order valence-corrected chi connectivity index (χ3v) is 3.38. The molecular weight excluding hydrogens is 194 g/mol. The van der Waals surface area contributed by atoms with Gasteiger partial charge in [0.2, 0.25) is 6.79 Å². The van der Waals surface area contributed by atoms with E-state index < -0.39 is 0 Å². The second kappa shape index (κ2) is 2.10. The van der Waals surface area contributed by atoms with Crippen molar-refractivity contribution >= 4 is 5.91 Å². The average Bonchev–Trinajstić information content (AvgIpc) is 2.77. The van der Waals surface area contributed by atoms with Gasteiger partial charge in [-0.2, -0.15) is 0 Å². The number of carbonyl (C=O) groups is 1. The average molecular weight is 203 g/mol. The van der Waals surface area contributed by atoms with Crippen molar-refractivity contribution in [1.29, 1.82) is 0 Å². The molecular formula is C11H9NO3. The summed E-state index contributed by atoms with van der Waals surface area (Å²) in [5.41, 5.74) is 1.75. The van der Waals surface area contributed by atoms with Crippen LogP contribution in [-0.2, 0) is 5.54 Å². The summed E-state index contributed by atoms with van der Waals surface area (Å²) in [6, 6.07) is 3.74. The number of amides is 1. The Bertz CT molecular complexity index is 491. The maximum absolute atomic E-state index is 11.7. The van der Waals surface area contributed by atoms with Crippen LogP contribution < -0.4 is 14.8 Å². The second-order valence-electron chi connectivity index (χ2n) is 4.29. The van der Waals surface area contributed by atoms with Gasteiger partial charge >= 0.3 is 0 Å². The molecule has 1 fully saturated rings. The third kappa shape index (κ3) is 0.802. The molecule has 1 amide bonds. The van der Waals surface area contributed by atoms with E-state index >= 15 is 0 Å². The number of carbonyl (C=O) groups excluding carboxylic acids is 1. The van der Waals surface area contributed by atoms with Crippen LogP contribution in [0.5, 0.6) is 11.5 Å². The molecule has 1 aromatic carbocycles. The smallest absolute Gasteiger partial charge is 0.252 e. The monoisotopic (exact) mass is 203 g/mol. The Hall–Kier alpha value is -1.71. The van der Waals surface area contributed by atoms with Crippen molar-refractivity contribution < 1.29 is 14.3 Å². The highest BCUT2D eigenvalue weighted by Crippen LogP contribution is 2.52. The van der Waals surface area contributed by atoms with Gasteiger partial charge in [0.1, 0.15) is 0 Å². The Morgan fingerprint density at radius 3 is 2.67 bits per heavy atom. The molecule has 2 heterocycles. The van der Waals surface area contributed by atoms with Gasteiger partial charge in [0.25, 0.3) is 5.91 Å². The Morgan fingerprint density at radius 1 is 1.20 bits per heavy atom. The Labute approximate surface area is 86.2 Å². The molecule has 0 saturated heterocycles. The van der Waals surface area contributed by atoms with Gasteiger partial charge in [-0.05, 0) is 30.5 Å². The quantitative estimate of drug-likeness (QED) is 0.688. The lowest BCUT2D eigenvalue weighted by Crippen LogP contribution is -2.25. The highest BCUT2D eigenvalue weighted by Gasteiger charge is 2.52. The van der Waals surface area contributed by atoms with E-state index in [1.807, 2.05) is 6.07 Å². The summed E-state index contributed by atoms with van der Waals surface area (Å²) in [5.74, 6) is 1.46. The fourth-order valence-corrected chi connectivity index (χ4v) is 2.40. The maximum Gasteiger partial charge on any atom is 0.252 e. The lowest BCUT2D eigenvalue weighted by molar-refractivity contribution is 0.0952. The molecule has 3 aliphatic rings. The van der Waals surface area contributed by atoms with E-state index in [1.54, 1.807) is 6.07 Å². The van der Waals surface area contributed by atoms with Crippen molar-refractivity contribution in [2.75, 3.05) is 6.79 Å². The minimum absolute atomic E-state index is 0.0146. The van der Waals surface area contributed by atoms with Crippen LogP contribution in [0.15, 0.2) is 12.1 Å². The van der Waals surface area contributed by atoms with Gasteiger partial charge in [-0.1, -0.05) is 0 Å². The predicted octanol–water partition coefficient (Wildman–Crippen LogP) is 1.15. The first-order valence-corrected chi connectivity index (χ1v) is 5.05. The molecule has 1 spiro atoms. The Balaban J connectivity index is 1.99. The zero-order valence-corrected chi connectivity index (χ0v) is 8.00. The molecule has 4 heteroatoms. The number of hydrogen-bond donors (Lipinski definition) is 1. The van der Waals surface area contributed by atoms with Crippen LogP contribution >= 0.6 is 0 Å². The number of rotatable bonds is 0. The van der Waals surface area contributed by atoms with Gasteiger partial charge < -0.3 is 14.8 Å². The number of nitrogens with one attached hydrogen (secondary N) is 1. The van der Waals surface area contributed by atoms with Gasteiger partial charge in [-0.15, -0.1) is 0 Å². The zero-order chi connectivity index (χ0) is 10.0. The molecule has 2 aliphatic heterocycles. The number of hydrogen-bond acceptors (Lipinski definition) is 3. The predicted molar refractivity (Wildman–Crippen MR) is 50.9 cm³/mol. The van der Waals surface area contributed by atoms with E-state index in [1.165, 1.54) is 0 Å². The van der Waals surface area contributed by atoms with Crippen LogP contribution in [-0.4, -0.2) is 12.7 Å². The van der Waals surface area contributed by atoms with Crippen molar-refractivity contribution in [3.05, 3.63) is 23.3 Å². The normalized spacial score (nSPS) is 22.8. The van der Waals surface area contributed by atoms with Crippen molar-refractivity contribution in [2.45, 2.75) is 18.4 Å². The fourth-order valence-electron chi connectivity index (χ4n) is 2.40. The van der Waals surface area contributed by atoms with Gasteiger partial charge in [0, 0.05) is 5.56 Å². The number of ether oxygens (including phenoxy) is 2. The molecule has 4 rings (SSSR count). The first kappa shape index (κ1) is 7.56. The van der Waals surface area contributed by atoms with Gasteiger partial charge in [0.15, 0.2) is 11.5 Å². The highest BCUT2D eigenvalue weighted by atomic mass is 16.7. The fraction of sp³-hybridized carbons (Fsp3) is 0.364. The van der Waals surface area contributed by atoms with E-state index in [4.69, 9.17) is 9.47 Å². The molecule has 1 aliphatic carbocycles. The lowest BCUT2D eigenvalue weighted by atomic mass is 10.0. The summed E-state index contributed by atoms with van der Waals surface area (Å²) in [4.78, 5) is 11.7. The van der Waals surface area contributed by atoms with E-state index in [-0.39, 0.29) is 18.2 Å². The molecule has 76 valence electrons. The molecule has 0 atom stereocenters. The SMILES string of the molecule is O=C1NC2(CC2)c2cc3c(cc21)OCO3. The van der Waals surface area contributed by atoms with Crippen LogP contribution in [0, 0.1) is 0 Å². The van der Waals surface area contributed by atoms with Gasteiger partial charge in [-0.25, -0.2) is 0 Å². The summed E-state index contributed by atoms with van der Waals surface area (Å²) < 4.78 is 10.6. The summed E-state index contributed by atoms with van der Waals surface area (Å²) in [6.07, 6.45) is 2.07. The van der Waals surface area contributed by atoms with Crippen LogP contribution in [0.2, 0.25) is 0 Å². The van der Waals surface area contributed by atoms with Gasteiger partial charge in [-0.3, -0.25) is 4.79 Å². The van der Waals surface area contributed by atoms with E-state index in [9.17, 15) is 4.79 Å². The van der Waals surface area contributed by atoms with E-state index in [0.29, 0.717) is 5.75 Å². The Kier molecular flexibility index (Phi) is 1.06. The zero-order valence-electron chi connectivity index (χ0n) is 8.00. The number of fused-ring (bicyclic) bond motifs is 3. The summed E-state index contributed by atoms with van der Waals surface area (Å²) >= 11 is 0. The molecule has 1 saturated carbocycles. The minimum atomic E-state index is -0.0760. The molecule has 1 N–H and O–H groups in total. The topological polar surface area (TPSA) is 47.6 Å². The van der Waals surface area contributed by atoms with Crippen LogP contribution in [0.4, 0.5) is 0 Å². The van der Waals surface area contributed by atoms with Crippen LogP contribution in [0.1, 0.15) is 28.8 Å². The molecule has 0 unspecified atom stereocenters. The standard InChI is InChI=1S/C11H9NO3/c13-10-6-3-8-9(15-5-14-8)4-7(6)11(12-10)1-2-11/h3-4H,1-2,5H2,(H,12,13). The first-order chi connectivity index (χ1) is 7.28. The molecule has 0 aromatic heterocycles. The first-order valence-electron chi connectivity index (χ1n) is 5.05. The molecule has 15 heavy (non-hydrogen) atoms. The summed E-state index contributed by atoms with van der Waals surface area (Å²) in [5, 5.41) is 3.02. The molecule has 4 nitrogen and oxygen atoms in total. The van der Waals surface area contributed by atoms with Gasteiger partial charge in [0.05, 0.1) is 5.54 Å². The highest BCUT2D eigenvalue weighted by molar-refractivity contribution is 6.01.